The molecule has 0 amide bonds. The summed E-state index contributed by atoms with van der Waals surface area (Å²) in [5, 5.41) is 4.29. The van der Waals surface area contributed by atoms with E-state index in [1.54, 1.807) is 0 Å². The highest BCUT2D eigenvalue weighted by Gasteiger charge is 2.33. The zero-order valence-electron chi connectivity index (χ0n) is 12.4. The molecule has 3 N–H and O–H groups in total. The predicted molar refractivity (Wildman–Crippen MR) is 79.7 cm³/mol. The summed E-state index contributed by atoms with van der Waals surface area (Å²) in [4.78, 5) is 1.24. The van der Waals surface area contributed by atoms with Gasteiger partial charge in [0.15, 0.2) is 0 Å². The Kier molecular flexibility index (Phi) is 4.92. The molecule has 0 aromatic carbocycles. The van der Waals surface area contributed by atoms with Gasteiger partial charge in [-0.2, -0.15) is 0 Å². The molecule has 0 spiro atoms. The summed E-state index contributed by atoms with van der Waals surface area (Å²) < 4.78 is 4.14. The molecule has 1 aliphatic carbocycles. The van der Waals surface area contributed by atoms with Crippen LogP contribution in [-0.4, -0.2) is 9.59 Å². The fourth-order valence-corrected chi connectivity index (χ4v) is 4.49. The summed E-state index contributed by atoms with van der Waals surface area (Å²) in [5.41, 5.74) is 4.15. The van der Waals surface area contributed by atoms with Crippen molar-refractivity contribution < 1.29 is 0 Å². The lowest BCUT2D eigenvalue weighted by atomic mass is 9.73. The molecular weight excluding hydrogens is 256 g/mol. The van der Waals surface area contributed by atoms with Gasteiger partial charge in [0.05, 0.1) is 16.6 Å². The van der Waals surface area contributed by atoms with Crippen LogP contribution in [0.5, 0.6) is 0 Å². The second-order valence-corrected chi connectivity index (χ2v) is 7.28. The van der Waals surface area contributed by atoms with Crippen molar-refractivity contribution in [2.45, 2.75) is 58.9 Å². The maximum absolute atomic E-state index is 5.86. The zero-order chi connectivity index (χ0) is 14.0. The van der Waals surface area contributed by atoms with Crippen LogP contribution >= 0.6 is 11.5 Å². The Morgan fingerprint density at radius 1 is 1.21 bits per heavy atom. The lowest BCUT2D eigenvalue weighted by Gasteiger charge is -2.36. The average molecular weight is 282 g/mol. The third-order valence-electron chi connectivity index (χ3n) is 4.24. The lowest BCUT2D eigenvalue weighted by molar-refractivity contribution is 0.178. The van der Waals surface area contributed by atoms with Crippen LogP contribution in [0.3, 0.4) is 0 Å². The Balaban J connectivity index is 2.21. The van der Waals surface area contributed by atoms with Crippen molar-refractivity contribution in [3.05, 3.63) is 10.6 Å². The number of hydrazine groups is 1. The summed E-state index contributed by atoms with van der Waals surface area (Å²) in [6.45, 7) is 9.04. The topological polar surface area (TPSA) is 63.8 Å². The van der Waals surface area contributed by atoms with Crippen LogP contribution in [0.15, 0.2) is 0 Å². The molecule has 0 aliphatic heterocycles. The Labute approximate surface area is 120 Å². The van der Waals surface area contributed by atoms with Gasteiger partial charge in [-0.05, 0) is 54.5 Å². The third-order valence-corrected chi connectivity index (χ3v) is 5.06. The average Bonchev–Trinajstić information content (AvgIpc) is 2.78. The van der Waals surface area contributed by atoms with Gasteiger partial charge in [0, 0.05) is 0 Å². The summed E-state index contributed by atoms with van der Waals surface area (Å²) in [6, 6.07) is 0.211. The number of hydrogen-bond acceptors (Lipinski definition) is 5. The Morgan fingerprint density at radius 2 is 1.84 bits per heavy atom. The molecular formula is C14H26N4S. The minimum absolute atomic E-state index is 0.211. The highest BCUT2D eigenvalue weighted by molar-refractivity contribution is 7.05. The SMILES string of the molecule is CC1CC(C)CC(C(NN)c2snnc2C(C)C)C1. The van der Waals surface area contributed by atoms with E-state index in [0.717, 1.165) is 17.5 Å². The standard InChI is InChI=1S/C14H26N4S/c1-8(2)12-14(19-18-17-12)13(16-15)11-6-9(3)5-10(4)7-11/h8-11,13,16H,5-7,15H2,1-4H3. The van der Waals surface area contributed by atoms with Crippen molar-refractivity contribution in [1.29, 1.82) is 0 Å². The van der Waals surface area contributed by atoms with E-state index in [9.17, 15) is 0 Å². The molecule has 3 unspecified atom stereocenters. The van der Waals surface area contributed by atoms with Crippen LogP contribution in [0.1, 0.15) is 69.5 Å². The Morgan fingerprint density at radius 3 is 2.37 bits per heavy atom. The van der Waals surface area contributed by atoms with Gasteiger partial charge in [-0.3, -0.25) is 11.3 Å². The zero-order valence-corrected chi connectivity index (χ0v) is 13.2. The first kappa shape index (κ1) is 14.9. The van der Waals surface area contributed by atoms with E-state index in [0.29, 0.717) is 11.8 Å². The van der Waals surface area contributed by atoms with Crippen molar-refractivity contribution in [2.75, 3.05) is 0 Å². The predicted octanol–water partition coefficient (Wildman–Crippen LogP) is 3.24. The normalized spacial score (nSPS) is 29.7. The van der Waals surface area contributed by atoms with Gasteiger partial charge in [0.1, 0.15) is 0 Å². The molecule has 0 bridgehead atoms. The molecule has 1 heterocycles. The maximum atomic E-state index is 5.86. The first-order valence-corrected chi connectivity index (χ1v) is 8.08. The van der Waals surface area contributed by atoms with Crippen LogP contribution in [0.4, 0.5) is 0 Å². The summed E-state index contributed by atoms with van der Waals surface area (Å²) >= 11 is 1.50. The van der Waals surface area contributed by atoms with Crippen LogP contribution in [0.2, 0.25) is 0 Å². The maximum Gasteiger partial charge on any atom is 0.0829 e. The third kappa shape index (κ3) is 3.33. The fraction of sp³-hybridized carbons (Fsp3) is 0.857. The second-order valence-electron chi connectivity index (χ2n) is 6.50. The monoisotopic (exact) mass is 282 g/mol. The van der Waals surface area contributed by atoms with Crippen molar-refractivity contribution >= 4 is 11.5 Å². The van der Waals surface area contributed by atoms with Crippen molar-refractivity contribution in [3.8, 4) is 0 Å². The van der Waals surface area contributed by atoms with Crippen LogP contribution in [0.25, 0.3) is 0 Å². The van der Waals surface area contributed by atoms with E-state index in [-0.39, 0.29) is 6.04 Å². The van der Waals surface area contributed by atoms with E-state index in [1.165, 1.54) is 35.7 Å². The van der Waals surface area contributed by atoms with Gasteiger partial charge in [0.2, 0.25) is 0 Å². The van der Waals surface area contributed by atoms with Gasteiger partial charge >= 0.3 is 0 Å². The Bertz CT molecular complexity index is 394. The van der Waals surface area contributed by atoms with E-state index >= 15 is 0 Å². The highest BCUT2D eigenvalue weighted by Crippen LogP contribution is 2.41. The van der Waals surface area contributed by atoms with Crippen LogP contribution < -0.4 is 11.3 Å². The molecule has 1 aliphatic rings. The molecule has 5 heteroatoms. The quantitative estimate of drug-likeness (QED) is 0.657. The van der Waals surface area contributed by atoms with Gasteiger partial charge in [-0.25, -0.2) is 0 Å². The minimum Gasteiger partial charge on any atom is -0.271 e. The van der Waals surface area contributed by atoms with E-state index in [2.05, 4.69) is 42.7 Å². The highest BCUT2D eigenvalue weighted by atomic mass is 32.1. The first-order valence-electron chi connectivity index (χ1n) is 7.31. The molecule has 108 valence electrons. The van der Waals surface area contributed by atoms with Crippen molar-refractivity contribution in [2.24, 2.45) is 23.6 Å². The fourth-order valence-electron chi connectivity index (χ4n) is 3.53. The van der Waals surface area contributed by atoms with Gasteiger partial charge in [0.25, 0.3) is 0 Å². The smallest absolute Gasteiger partial charge is 0.0829 e. The summed E-state index contributed by atoms with van der Waals surface area (Å²) in [5.74, 6) is 8.43. The number of rotatable bonds is 4. The molecule has 0 radical (unpaired) electrons. The number of nitrogens with one attached hydrogen (secondary N) is 1. The molecule has 1 aromatic rings. The molecule has 19 heavy (non-hydrogen) atoms. The number of hydrogen-bond donors (Lipinski definition) is 2. The number of aromatic nitrogens is 2. The van der Waals surface area contributed by atoms with Gasteiger partial charge in [-0.15, -0.1) is 5.10 Å². The first-order chi connectivity index (χ1) is 9.02. The van der Waals surface area contributed by atoms with E-state index in [1.807, 2.05) is 0 Å². The van der Waals surface area contributed by atoms with E-state index in [4.69, 9.17) is 5.84 Å². The van der Waals surface area contributed by atoms with Gasteiger partial charge in [-0.1, -0.05) is 32.2 Å². The molecule has 1 fully saturated rings. The molecule has 4 nitrogen and oxygen atoms in total. The minimum atomic E-state index is 0.211. The molecule has 0 saturated heterocycles. The summed E-state index contributed by atoms with van der Waals surface area (Å²) in [6.07, 6.45) is 3.83. The molecule has 1 saturated carbocycles. The molecule has 3 atom stereocenters. The summed E-state index contributed by atoms with van der Waals surface area (Å²) in [7, 11) is 0. The molecule has 2 rings (SSSR count). The van der Waals surface area contributed by atoms with Crippen molar-refractivity contribution in [1.82, 2.24) is 15.0 Å². The molecule has 1 aromatic heterocycles. The van der Waals surface area contributed by atoms with Crippen LogP contribution in [-0.2, 0) is 0 Å². The van der Waals surface area contributed by atoms with Crippen molar-refractivity contribution in [3.63, 3.8) is 0 Å². The Hall–Kier alpha value is -0.520. The number of nitrogens with two attached hydrogens (primary N) is 1. The lowest BCUT2D eigenvalue weighted by Crippen LogP contribution is -2.37. The van der Waals surface area contributed by atoms with Crippen LogP contribution in [0, 0.1) is 17.8 Å². The second kappa shape index (κ2) is 6.29. The van der Waals surface area contributed by atoms with E-state index < -0.39 is 0 Å². The van der Waals surface area contributed by atoms with Gasteiger partial charge < -0.3 is 0 Å². The largest absolute Gasteiger partial charge is 0.271 e. The number of nitrogens with zero attached hydrogens (tertiary/aromatic N) is 2.